The van der Waals surface area contributed by atoms with Crippen molar-refractivity contribution in [2.75, 3.05) is 0 Å². The van der Waals surface area contributed by atoms with Gasteiger partial charge in [0.1, 0.15) is 0 Å². The average molecular weight is 984 g/mol. The first-order chi connectivity index (χ1) is 38.2. The van der Waals surface area contributed by atoms with Crippen molar-refractivity contribution in [3.8, 4) is 56.9 Å². The van der Waals surface area contributed by atoms with Crippen LogP contribution in [0.25, 0.3) is 139 Å². The first kappa shape index (κ1) is 42.3. The molecule has 77 heavy (non-hydrogen) atoms. The standard InChI is InChI=1S/C70H45N7/c1-4-16-43(17-5-1)46-29-34-63-56(38-46)58-41-49(74-60-25-13-10-22-51(60)52-23-11-14-26-61(52)74)31-36-65(58)76(63)69-71-68(45-20-8-3-9-21-45)72-70(73-69)77-64-35-30-47(44-18-6-2-7-19-44)39-57(64)59-42-50(32-37-66(59)77)75-62-27-15-12-24-53(62)54-33-28-48-40-55(48)67(54)75/h1-39,41-42,48,55H,40H2. The Hall–Kier alpha value is -10.1. The summed E-state index contributed by atoms with van der Waals surface area (Å²) in [4.78, 5) is 16.5. The van der Waals surface area contributed by atoms with Gasteiger partial charge in [0.05, 0.1) is 38.6 Å². The number of nitrogens with zero attached hydrogens (tertiary/aromatic N) is 7. The van der Waals surface area contributed by atoms with Crippen LogP contribution in [0.1, 0.15) is 23.6 Å². The number of allylic oxidation sites excluding steroid dienone is 1. The lowest BCUT2D eigenvalue weighted by Gasteiger charge is -2.14. The Morgan fingerprint density at radius 1 is 0.312 bits per heavy atom. The zero-order valence-corrected chi connectivity index (χ0v) is 41.7. The monoisotopic (exact) mass is 983 g/mol. The Kier molecular flexibility index (Phi) is 8.89. The van der Waals surface area contributed by atoms with Gasteiger partial charge in [-0.25, -0.2) is 0 Å². The molecule has 2 aliphatic rings. The molecule has 15 aromatic rings. The lowest BCUT2D eigenvalue weighted by molar-refractivity contribution is 0.891. The van der Waals surface area contributed by atoms with E-state index in [-0.39, 0.29) is 0 Å². The quantitative estimate of drug-likeness (QED) is 0.160. The van der Waals surface area contributed by atoms with E-state index in [1.165, 1.54) is 56.0 Å². The van der Waals surface area contributed by atoms with E-state index in [1.54, 1.807) is 0 Å². The second-order valence-electron chi connectivity index (χ2n) is 20.8. The van der Waals surface area contributed by atoms with E-state index in [0.717, 1.165) is 77.2 Å². The van der Waals surface area contributed by atoms with E-state index in [9.17, 15) is 0 Å². The molecule has 0 saturated heterocycles. The molecule has 2 unspecified atom stereocenters. The van der Waals surface area contributed by atoms with Crippen LogP contribution in [-0.4, -0.2) is 33.2 Å². The number of rotatable bonds is 7. The fourth-order valence-corrected chi connectivity index (χ4v) is 12.9. The van der Waals surface area contributed by atoms with Crippen molar-refractivity contribution < 1.29 is 0 Å². The maximum atomic E-state index is 5.63. The van der Waals surface area contributed by atoms with Crippen LogP contribution in [-0.2, 0) is 0 Å². The van der Waals surface area contributed by atoms with E-state index >= 15 is 0 Å². The number of benzene rings is 10. The topological polar surface area (TPSA) is 58.4 Å². The fraction of sp³-hybridized carbons (Fsp3) is 0.0429. The third-order valence-corrected chi connectivity index (χ3v) is 16.5. The van der Waals surface area contributed by atoms with E-state index < -0.39 is 0 Å². The SMILES string of the molecule is C1=CC2CC2c2c1c1ccccc1n2-c1ccc2c(c1)c1cc(-c3ccccc3)ccc1n2-c1nc(-c2ccccc2)nc(-n2c3ccc(-c4ccccc4)cc3c3cc(-n4c5ccccc5c5ccccc54)ccc32)n1. The molecule has 10 aromatic carbocycles. The summed E-state index contributed by atoms with van der Waals surface area (Å²) >= 11 is 0. The number of fused-ring (bicyclic) bond motifs is 14. The van der Waals surface area contributed by atoms with Crippen molar-refractivity contribution in [1.29, 1.82) is 0 Å². The second-order valence-corrected chi connectivity index (χ2v) is 20.8. The van der Waals surface area contributed by atoms with Crippen molar-refractivity contribution in [3.63, 3.8) is 0 Å². The summed E-state index contributed by atoms with van der Waals surface area (Å²) in [7, 11) is 0. The second kappa shape index (κ2) is 16.2. The molecule has 17 rings (SSSR count). The van der Waals surface area contributed by atoms with Gasteiger partial charge in [0.2, 0.25) is 11.9 Å². The summed E-state index contributed by atoms with van der Waals surface area (Å²) in [5.41, 5.74) is 18.1. The fourth-order valence-electron chi connectivity index (χ4n) is 12.9. The van der Waals surface area contributed by atoms with Crippen molar-refractivity contribution in [1.82, 2.24) is 33.2 Å². The summed E-state index contributed by atoms with van der Waals surface area (Å²) < 4.78 is 9.43. The lowest BCUT2D eigenvalue weighted by Crippen LogP contribution is -2.10. The first-order valence-corrected chi connectivity index (χ1v) is 26.6. The van der Waals surface area contributed by atoms with Crippen molar-refractivity contribution in [2.45, 2.75) is 12.3 Å². The molecule has 5 aromatic heterocycles. The van der Waals surface area contributed by atoms with Gasteiger partial charge in [0, 0.05) is 71.8 Å². The van der Waals surface area contributed by atoms with Gasteiger partial charge in [0.15, 0.2) is 5.82 Å². The summed E-state index contributed by atoms with van der Waals surface area (Å²) in [6, 6.07) is 85.4. The van der Waals surface area contributed by atoms with Gasteiger partial charge < -0.3 is 9.13 Å². The molecule has 7 nitrogen and oxygen atoms in total. The molecule has 1 fully saturated rings. The third kappa shape index (κ3) is 6.34. The summed E-state index contributed by atoms with van der Waals surface area (Å²) in [6.07, 6.45) is 5.98. The van der Waals surface area contributed by atoms with Gasteiger partial charge in [-0.05, 0) is 113 Å². The summed E-state index contributed by atoms with van der Waals surface area (Å²) in [5, 5.41) is 8.23. The van der Waals surface area contributed by atoms with Gasteiger partial charge in [-0.3, -0.25) is 9.13 Å². The van der Waals surface area contributed by atoms with E-state index in [0.29, 0.717) is 29.6 Å². The minimum atomic E-state index is 0.523. The Morgan fingerprint density at radius 3 is 1.26 bits per heavy atom. The molecular weight excluding hydrogens is 939 g/mol. The first-order valence-electron chi connectivity index (χ1n) is 26.6. The Labute approximate surface area is 442 Å². The molecule has 360 valence electrons. The van der Waals surface area contributed by atoms with Gasteiger partial charge >= 0.3 is 0 Å². The maximum Gasteiger partial charge on any atom is 0.240 e. The molecule has 0 amide bonds. The van der Waals surface area contributed by atoms with Crippen molar-refractivity contribution in [2.24, 2.45) is 5.92 Å². The van der Waals surface area contributed by atoms with Gasteiger partial charge in [-0.1, -0.05) is 170 Å². The zero-order valence-electron chi connectivity index (χ0n) is 41.7. The molecule has 1 saturated carbocycles. The minimum absolute atomic E-state index is 0.523. The highest BCUT2D eigenvalue weighted by Crippen LogP contribution is 2.55. The van der Waals surface area contributed by atoms with Crippen LogP contribution < -0.4 is 0 Å². The number of hydrogen-bond donors (Lipinski definition) is 0. The third-order valence-electron chi connectivity index (χ3n) is 16.5. The van der Waals surface area contributed by atoms with E-state index in [2.05, 4.69) is 261 Å². The number of aromatic nitrogens is 7. The molecule has 0 N–H and O–H groups in total. The van der Waals surface area contributed by atoms with E-state index in [1.807, 2.05) is 6.07 Å². The molecule has 5 heterocycles. The number of para-hydroxylation sites is 3. The molecule has 2 atom stereocenters. The molecular formula is C70H45N7. The van der Waals surface area contributed by atoms with Crippen LogP contribution in [0.2, 0.25) is 0 Å². The van der Waals surface area contributed by atoms with Crippen LogP contribution in [0.4, 0.5) is 0 Å². The lowest BCUT2D eigenvalue weighted by atomic mass is 10.0. The number of hydrogen-bond acceptors (Lipinski definition) is 3. The van der Waals surface area contributed by atoms with Gasteiger partial charge in [-0.15, -0.1) is 0 Å². The van der Waals surface area contributed by atoms with Gasteiger partial charge in [-0.2, -0.15) is 15.0 Å². The average Bonchev–Trinajstić information content (AvgIpc) is 3.90. The molecule has 0 aliphatic heterocycles. The largest absolute Gasteiger partial charge is 0.313 e. The highest BCUT2D eigenvalue weighted by Gasteiger charge is 2.43. The molecule has 2 aliphatic carbocycles. The predicted molar refractivity (Wildman–Crippen MR) is 316 cm³/mol. The minimum Gasteiger partial charge on any atom is -0.313 e. The molecule has 0 radical (unpaired) electrons. The Bertz CT molecular complexity index is 4910. The normalized spacial score (nSPS) is 14.9. The van der Waals surface area contributed by atoms with Crippen LogP contribution in [0.15, 0.2) is 243 Å². The highest BCUT2D eigenvalue weighted by atomic mass is 15.3. The Balaban J connectivity index is 0.930. The van der Waals surface area contributed by atoms with Crippen LogP contribution >= 0.6 is 0 Å². The molecule has 0 spiro atoms. The van der Waals surface area contributed by atoms with Crippen molar-refractivity contribution >= 4 is 82.4 Å². The molecule has 0 bridgehead atoms. The maximum absolute atomic E-state index is 5.63. The summed E-state index contributed by atoms with van der Waals surface area (Å²) in [5.74, 6) is 2.80. The predicted octanol–water partition coefficient (Wildman–Crippen LogP) is 17.2. The zero-order chi connectivity index (χ0) is 50.3. The van der Waals surface area contributed by atoms with Crippen LogP contribution in [0, 0.1) is 5.92 Å². The highest BCUT2D eigenvalue weighted by molar-refractivity contribution is 6.14. The summed E-state index contributed by atoms with van der Waals surface area (Å²) in [6.45, 7) is 0. The molecule has 7 heteroatoms. The van der Waals surface area contributed by atoms with Crippen LogP contribution in [0.5, 0.6) is 0 Å². The smallest absolute Gasteiger partial charge is 0.240 e. The van der Waals surface area contributed by atoms with Gasteiger partial charge in [0.25, 0.3) is 0 Å². The Morgan fingerprint density at radius 2 is 0.727 bits per heavy atom. The van der Waals surface area contributed by atoms with E-state index in [4.69, 9.17) is 15.0 Å². The van der Waals surface area contributed by atoms with Crippen LogP contribution in [0.3, 0.4) is 0 Å². The van der Waals surface area contributed by atoms with Crippen molar-refractivity contribution in [3.05, 3.63) is 254 Å².